The molecule has 0 radical (unpaired) electrons. The SMILES string of the molecule is CC(C)(C)c1ccc(CCC(=O)N2CC=C(c3c[nH]c4cccnc34)CC2)cc1. The molecule has 3 heterocycles. The largest absolute Gasteiger partial charge is 0.359 e. The lowest BCUT2D eigenvalue weighted by molar-refractivity contribution is -0.130. The number of aromatic nitrogens is 2. The third kappa shape index (κ3) is 4.26. The number of aryl methyl sites for hydroxylation is 1. The Morgan fingerprint density at radius 2 is 1.97 bits per heavy atom. The molecule has 0 atom stereocenters. The van der Waals surface area contributed by atoms with Gasteiger partial charge in [-0.1, -0.05) is 51.1 Å². The van der Waals surface area contributed by atoms with E-state index >= 15 is 0 Å². The van der Waals surface area contributed by atoms with E-state index in [1.807, 2.05) is 29.4 Å². The molecule has 4 rings (SSSR count). The van der Waals surface area contributed by atoms with E-state index in [2.05, 4.69) is 61.1 Å². The fourth-order valence-electron chi connectivity index (χ4n) is 3.92. The van der Waals surface area contributed by atoms with Crippen molar-refractivity contribution in [1.82, 2.24) is 14.9 Å². The Hall–Kier alpha value is -2.88. The molecule has 29 heavy (non-hydrogen) atoms. The number of H-pyrrole nitrogens is 1. The Morgan fingerprint density at radius 3 is 2.66 bits per heavy atom. The molecule has 1 amide bonds. The molecular weight excluding hydrogens is 358 g/mol. The van der Waals surface area contributed by atoms with Crippen molar-refractivity contribution >= 4 is 22.5 Å². The molecular formula is C25H29N3O. The summed E-state index contributed by atoms with van der Waals surface area (Å²) in [7, 11) is 0. The quantitative estimate of drug-likeness (QED) is 0.676. The summed E-state index contributed by atoms with van der Waals surface area (Å²) in [5.41, 5.74) is 7.21. The minimum absolute atomic E-state index is 0.159. The number of carbonyl (C=O) groups is 1. The number of aromatic amines is 1. The molecule has 0 fully saturated rings. The summed E-state index contributed by atoms with van der Waals surface area (Å²) in [5, 5.41) is 0. The molecule has 0 unspecified atom stereocenters. The number of hydrogen-bond acceptors (Lipinski definition) is 2. The summed E-state index contributed by atoms with van der Waals surface area (Å²) < 4.78 is 0. The second-order valence-electron chi connectivity index (χ2n) is 8.87. The molecule has 4 heteroatoms. The second kappa shape index (κ2) is 7.86. The van der Waals surface area contributed by atoms with Gasteiger partial charge in [-0.25, -0.2) is 0 Å². The molecule has 4 nitrogen and oxygen atoms in total. The van der Waals surface area contributed by atoms with Crippen LogP contribution < -0.4 is 0 Å². The van der Waals surface area contributed by atoms with Crippen molar-refractivity contribution in [2.75, 3.05) is 13.1 Å². The van der Waals surface area contributed by atoms with Crippen molar-refractivity contribution in [3.05, 3.63) is 71.6 Å². The van der Waals surface area contributed by atoms with Gasteiger partial charge in [0.1, 0.15) is 0 Å². The Balaban J connectivity index is 1.35. The van der Waals surface area contributed by atoms with Crippen LogP contribution in [-0.2, 0) is 16.6 Å². The number of nitrogens with zero attached hydrogens (tertiary/aromatic N) is 2. The first-order valence-corrected chi connectivity index (χ1v) is 10.4. The molecule has 2 aromatic heterocycles. The summed E-state index contributed by atoms with van der Waals surface area (Å²) >= 11 is 0. The molecule has 1 aromatic carbocycles. The lowest BCUT2D eigenvalue weighted by atomic mass is 9.86. The number of hydrogen-bond donors (Lipinski definition) is 1. The Labute approximate surface area is 172 Å². The smallest absolute Gasteiger partial charge is 0.223 e. The number of pyridine rings is 1. The third-order valence-electron chi connectivity index (χ3n) is 5.79. The van der Waals surface area contributed by atoms with Crippen LogP contribution in [-0.4, -0.2) is 33.9 Å². The summed E-state index contributed by atoms with van der Waals surface area (Å²) in [4.78, 5) is 22.4. The van der Waals surface area contributed by atoms with E-state index in [1.165, 1.54) is 16.7 Å². The highest BCUT2D eigenvalue weighted by Gasteiger charge is 2.20. The highest BCUT2D eigenvalue weighted by Crippen LogP contribution is 2.28. The summed E-state index contributed by atoms with van der Waals surface area (Å²) in [6.45, 7) is 8.10. The number of carbonyl (C=O) groups excluding carboxylic acids is 1. The fourth-order valence-corrected chi connectivity index (χ4v) is 3.92. The van der Waals surface area contributed by atoms with Crippen LogP contribution in [0.1, 0.15) is 50.3 Å². The van der Waals surface area contributed by atoms with Crippen LogP contribution in [0.2, 0.25) is 0 Å². The van der Waals surface area contributed by atoms with Gasteiger partial charge in [0.05, 0.1) is 11.0 Å². The third-order valence-corrected chi connectivity index (χ3v) is 5.79. The Kier molecular flexibility index (Phi) is 5.27. The van der Waals surface area contributed by atoms with Crippen molar-refractivity contribution in [3.63, 3.8) is 0 Å². The average Bonchev–Trinajstić information content (AvgIpc) is 3.16. The zero-order valence-corrected chi connectivity index (χ0v) is 17.5. The lowest BCUT2D eigenvalue weighted by Gasteiger charge is -2.26. The van der Waals surface area contributed by atoms with Crippen LogP contribution in [0.15, 0.2) is 54.9 Å². The summed E-state index contributed by atoms with van der Waals surface area (Å²) in [5.74, 6) is 0.234. The zero-order chi connectivity index (χ0) is 20.4. The molecule has 0 saturated heterocycles. The first-order valence-electron chi connectivity index (χ1n) is 10.4. The van der Waals surface area contributed by atoms with Gasteiger partial charge in [-0.3, -0.25) is 9.78 Å². The molecule has 1 aliphatic heterocycles. The van der Waals surface area contributed by atoms with Gasteiger partial charge in [-0.05, 0) is 47.1 Å². The van der Waals surface area contributed by atoms with Crippen LogP contribution in [0.4, 0.5) is 0 Å². The highest BCUT2D eigenvalue weighted by atomic mass is 16.2. The molecule has 150 valence electrons. The fraction of sp³-hybridized carbons (Fsp3) is 0.360. The van der Waals surface area contributed by atoms with Gasteiger partial charge in [0.25, 0.3) is 0 Å². The monoisotopic (exact) mass is 387 g/mol. The highest BCUT2D eigenvalue weighted by molar-refractivity contribution is 5.90. The van der Waals surface area contributed by atoms with Gasteiger partial charge >= 0.3 is 0 Å². The zero-order valence-electron chi connectivity index (χ0n) is 17.5. The van der Waals surface area contributed by atoms with E-state index < -0.39 is 0 Å². The molecule has 0 aliphatic carbocycles. The van der Waals surface area contributed by atoms with Gasteiger partial charge < -0.3 is 9.88 Å². The van der Waals surface area contributed by atoms with Gasteiger partial charge in [0.2, 0.25) is 5.91 Å². The predicted octanol–water partition coefficient (Wildman–Crippen LogP) is 5.11. The lowest BCUT2D eigenvalue weighted by Crippen LogP contribution is -2.34. The van der Waals surface area contributed by atoms with E-state index in [9.17, 15) is 4.79 Å². The minimum atomic E-state index is 0.159. The second-order valence-corrected chi connectivity index (χ2v) is 8.87. The van der Waals surface area contributed by atoms with Crippen LogP contribution in [0.25, 0.3) is 16.6 Å². The Bertz CT molecular complexity index is 1040. The number of amides is 1. The van der Waals surface area contributed by atoms with Crippen LogP contribution >= 0.6 is 0 Å². The maximum Gasteiger partial charge on any atom is 0.223 e. The topological polar surface area (TPSA) is 49.0 Å². The number of fused-ring (bicyclic) bond motifs is 1. The normalized spacial score (nSPS) is 14.9. The predicted molar refractivity (Wildman–Crippen MR) is 119 cm³/mol. The van der Waals surface area contributed by atoms with Gasteiger partial charge in [0.15, 0.2) is 0 Å². The standard InChI is InChI=1S/C25H29N3O/c1-25(2,3)20-9-6-18(7-10-20)8-11-23(29)28-15-12-19(13-16-28)21-17-27-22-5-4-14-26-24(21)22/h4-7,9-10,12,14,17,27H,8,11,13,15-16H2,1-3H3. The van der Waals surface area contributed by atoms with Crippen LogP contribution in [0, 0.1) is 0 Å². The maximum absolute atomic E-state index is 12.7. The van der Waals surface area contributed by atoms with Crippen molar-refractivity contribution in [2.45, 2.75) is 45.4 Å². The van der Waals surface area contributed by atoms with E-state index in [0.717, 1.165) is 36.0 Å². The average molecular weight is 388 g/mol. The van der Waals surface area contributed by atoms with E-state index in [4.69, 9.17) is 0 Å². The molecule has 0 spiro atoms. The van der Waals surface area contributed by atoms with Crippen molar-refractivity contribution < 1.29 is 4.79 Å². The molecule has 1 N–H and O–H groups in total. The minimum Gasteiger partial charge on any atom is -0.359 e. The van der Waals surface area contributed by atoms with Crippen molar-refractivity contribution in [2.24, 2.45) is 0 Å². The number of benzene rings is 1. The van der Waals surface area contributed by atoms with Crippen molar-refractivity contribution in [3.8, 4) is 0 Å². The molecule has 0 bridgehead atoms. The number of rotatable bonds is 4. The van der Waals surface area contributed by atoms with Crippen LogP contribution in [0.3, 0.4) is 0 Å². The van der Waals surface area contributed by atoms with E-state index in [-0.39, 0.29) is 11.3 Å². The van der Waals surface area contributed by atoms with E-state index in [1.54, 1.807) is 0 Å². The van der Waals surface area contributed by atoms with Crippen molar-refractivity contribution in [1.29, 1.82) is 0 Å². The number of nitrogens with one attached hydrogen (secondary N) is 1. The molecule has 1 aliphatic rings. The molecule has 3 aromatic rings. The first-order chi connectivity index (χ1) is 13.9. The van der Waals surface area contributed by atoms with Gasteiger partial charge in [-0.15, -0.1) is 0 Å². The summed E-state index contributed by atoms with van der Waals surface area (Å²) in [6.07, 6.45) is 8.26. The maximum atomic E-state index is 12.7. The molecule has 0 saturated carbocycles. The van der Waals surface area contributed by atoms with E-state index in [0.29, 0.717) is 13.0 Å². The summed E-state index contributed by atoms with van der Waals surface area (Å²) in [6, 6.07) is 12.7. The van der Waals surface area contributed by atoms with Gasteiger partial charge in [0, 0.05) is 37.5 Å². The van der Waals surface area contributed by atoms with Gasteiger partial charge in [-0.2, -0.15) is 0 Å². The first kappa shape index (κ1) is 19.4. The Morgan fingerprint density at radius 1 is 1.17 bits per heavy atom. The van der Waals surface area contributed by atoms with Crippen LogP contribution in [0.5, 0.6) is 0 Å².